The molecule has 1 atom stereocenters. The summed E-state index contributed by atoms with van der Waals surface area (Å²) in [5.41, 5.74) is 2.35. The zero-order valence-electron chi connectivity index (χ0n) is 18.6. The maximum atomic E-state index is 13.1. The van der Waals surface area contributed by atoms with Crippen LogP contribution in [-0.4, -0.2) is 47.4 Å². The predicted octanol–water partition coefficient (Wildman–Crippen LogP) is 3.75. The minimum atomic E-state index is -0.900. The van der Waals surface area contributed by atoms with Crippen LogP contribution in [0.25, 0.3) is 0 Å². The van der Waals surface area contributed by atoms with Crippen LogP contribution in [0, 0.1) is 6.92 Å². The molecule has 1 fully saturated rings. The summed E-state index contributed by atoms with van der Waals surface area (Å²) in [4.78, 5) is 53.1. The van der Waals surface area contributed by atoms with Gasteiger partial charge in [-0.1, -0.05) is 17.7 Å². The van der Waals surface area contributed by atoms with Crippen LogP contribution in [0.5, 0.6) is 0 Å². The lowest BCUT2D eigenvalue weighted by Gasteiger charge is -2.25. The zero-order valence-corrected chi connectivity index (χ0v) is 18.6. The topological polar surface area (TPSA) is 96.0 Å². The molecule has 8 heteroatoms. The van der Waals surface area contributed by atoms with E-state index in [-0.39, 0.29) is 19.1 Å². The van der Waals surface area contributed by atoms with Gasteiger partial charge >= 0.3 is 12.0 Å². The number of hydrogen-bond donors (Lipinski definition) is 1. The van der Waals surface area contributed by atoms with Gasteiger partial charge in [0, 0.05) is 11.7 Å². The van der Waals surface area contributed by atoms with E-state index in [0.29, 0.717) is 16.9 Å². The minimum absolute atomic E-state index is 0.176. The molecular formula is C24H27N3O5. The lowest BCUT2D eigenvalue weighted by molar-refractivity contribution is -0.124. The highest BCUT2D eigenvalue weighted by molar-refractivity contribution is 6.22. The van der Waals surface area contributed by atoms with Crippen LogP contribution in [0.1, 0.15) is 43.1 Å². The first kappa shape index (κ1) is 23.0. The molecule has 3 rings (SSSR count). The number of nitrogens with zero attached hydrogens (tertiary/aromatic N) is 2. The van der Waals surface area contributed by atoms with Gasteiger partial charge in [0.15, 0.2) is 0 Å². The van der Waals surface area contributed by atoms with Crippen LogP contribution < -0.4 is 10.2 Å². The van der Waals surface area contributed by atoms with E-state index in [4.69, 9.17) is 4.74 Å². The quantitative estimate of drug-likeness (QED) is 0.526. The average molecular weight is 437 g/mol. The summed E-state index contributed by atoms with van der Waals surface area (Å²) >= 11 is 0. The molecule has 1 aliphatic rings. The largest absolute Gasteiger partial charge is 0.462 e. The molecule has 1 heterocycles. The molecule has 2 aromatic rings. The third-order valence-electron chi connectivity index (χ3n) is 5.16. The summed E-state index contributed by atoms with van der Waals surface area (Å²) in [5, 5.41) is 2.72. The Hall–Kier alpha value is -3.68. The lowest BCUT2D eigenvalue weighted by Crippen LogP contribution is -2.42. The van der Waals surface area contributed by atoms with Gasteiger partial charge in [-0.3, -0.25) is 9.59 Å². The maximum Gasteiger partial charge on any atom is 0.338 e. The predicted molar refractivity (Wildman–Crippen MR) is 120 cm³/mol. The number of esters is 1. The van der Waals surface area contributed by atoms with E-state index in [9.17, 15) is 19.2 Å². The summed E-state index contributed by atoms with van der Waals surface area (Å²) in [6, 6.07) is 11.8. The van der Waals surface area contributed by atoms with Crippen LogP contribution in [-0.2, 0) is 14.3 Å². The number of carbonyl (C=O) groups is 4. The van der Waals surface area contributed by atoms with E-state index in [1.165, 1.54) is 4.90 Å². The van der Waals surface area contributed by atoms with Gasteiger partial charge in [-0.15, -0.1) is 0 Å². The third-order valence-corrected chi connectivity index (χ3v) is 5.16. The molecule has 0 radical (unpaired) electrons. The number of anilines is 2. The summed E-state index contributed by atoms with van der Waals surface area (Å²) in [6.45, 7) is 7.54. The Morgan fingerprint density at radius 3 is 2.22 bits per heavy atom. The van der Waals surface area contributed by atoms with Crippen molar-refractivity contribution < 1.29 is 23.9 Å². The van der Waals surface area contributed by atoms with E-state index in [2.05, 4.69) is 5.32 Å². The van der Waals surface area contributed by atoms with Crippen LogP contribution >= 0.6 is 0 Å². The molecule has 32 heavy (non-hydrogen) atoms. The molecule has 0 bridgehead atoms. The van der Waals surface area contributed by atoms with E-state index in [1.54, 1.807) is 43.3 Å². The Morgan fingerprint density at radius 2 is 1.66 bits per heavy atom. The number of aryl methyl sites for hydroxylation is 1. The molecule has 1 unspecified atom stereocenters. The molecule has 1 saturated heterocycles. The van der Waals surface area contributed by atoms with Crippen molar-refractivity contribution in [3.63, 3.8) is 0 Å². The summed E-state index contributed by atoms with van der Waals surface area (Å²) in [7, 11) is 0. The van der Waals surface area contributed by atoms with Crippen molar-refractivity contribution in [2.24, 2.45) is 0 Å². The molecule has 4 amide bonds. The highest BCUT2D eigenvalue weighted by Gasteiger charge is 2.47. The summed E-state index contributed by atoms with van der Waals surface area (Å²) in [5.74, 6) is -1.28. The van der Waals surface area contributed by atoms with E-state index < -0.39 is 29.9 Å². The van der Waals surface area contributed by atoms with Crippen LogP contribution in [0.2, 0.25) is 0 Å². The fourth-order valence-electron chi connectivity index (χ4n) is 3.60. The number of hydrogen-bond acceptors (Lipinski definition) is 5. The number of rotatable bonds is 7. The monoisotopic (exact) mass is 437 g/mol. The van der Waals surface area contributed by atoms with Crippen molar-refractivity contribution in [2.45, 2.75) is 46.2 Å². The van der Waals surface area contributed by atoms with Gasteiger partial charge in [0.2, 0.25) is 5.91 Å². The first-order valence-corrected chi connectivity index (χ1v) is 10.5. The highest BCUT2D eigenvalue weighted by Crippen LogP contribution is 2.29. The molecule has 0 aromatic heterocycles. The van der Waals surface area contributed by atoms with Crippen LogP contribution in [0.4, 0.5) is 16.2 Å². The van der Waals surface area contributed by atoms with Gasteiger partial charge in [-0.05, 0) is 64.1 Å². The number of benzene rings is 2. The van der Waals surface area contributed by atoms with Crippen molar-refractivity contribution >= 4 is 35.2 Å². The normalized spacial score (nSPS) is 16.0. The minimum Gasteiger partial charge on any atom is -0.462 e. The van der Waals surface area contributed by atoms with Crippen molar-refractivity contribution in [1.82, 2.24) is 4.90 Å². The molecule has 8 nitrogen and oxygen atoms in total. The number of ether oxygens (including phenoxy) is 1. The van der Waals surface area contributed by atoms with Crippen LogP contribution in [0.3, 0.4) is 0 Å². The third kappa shape index (κ3) is 4.80. The molecule has 1 aliphatic heterocycles. The van der Waals surface area contributed by atoms with E-state index >= 15 is 0 Å². The molecular weight excluding hydrogens is 410 g/mol. The molecule has 0 spiro atoms. The van der Waals surface area contributed by atoms with Crippen molar-refractivity contribution in [3.05, 3.63) is 59.7 Å². The number of urea groups is 1. The lowest BCUT2D eigenvalue weighted by atomic mass is 10.1. The second kappa shape index (κ2) is 9.64. The molecule has 2 aromatic carbocycles. The molecule has 168 valence electrons. The van der Waals surface area contributed by atoms with E-state index in [1.807, 2.05) is 32.9 Å². The smallest absolute Gasteiger partial charge is 0.338 e. The van der Waals surface area contributed by atoms with Gasteiger partial charge in [-0.25, -0.2) is 14.5 Å². The fraction of sp³-hybridized carbons (Fsp3) is 0.333. The van der Waals surface area contributed by atoms with Gasteiger partial charge < -0.3 is 15.0 Å². The molecule has 0 aliphatic carbocycles. The average Bonchev–Trinajstić information content (AvgIpc) is 2.99. The Bertz CT molecular complexity index is 1010. The number of carbonyl (C=O) groups excluding carboxylic acids is 4. The number of nitrogens with one attached hydrogen (secondary N) is 1. The van der Waals surface area contributed by atoms with Gasteiger partial charge in [0.25, 0.3) is 5.91 Å². The Kier molecular flexibility index (Phi) is 6.92. The fourth-order valence-corrected chi connectivity index (χ4v) is 3.60. The standard InChI is InChI=1S/C24H27N3O5/c1-5-32-23(30)17-8-10-18(11-9-17)25-21(28)14-20-22(29)27(24(31)26(20)15(2)3)19-12-6-16(4)7-13-19/h6-13,15,20H,5,14H2,1-4H3,(H,25,28). The number of amides is 4. The Balaban J connectivity index is 1.73. The van der Waals surface area contributed by atoms with Gasteiger partial charge in [-0.2, -0.15) is 0 Å². The van der Waals surface area contributed by atoms with Crippen molar-refractivity contribution in [2.75, 3.05) is 16.8 Å². The van der Waals surface area contributed by atoms with Gasteiger partial charge in [0.1, 0.15) is 6.04 Å². The van der Waals surface area contributed by atoms with Crippen molar-refractivity contribution in [3.8, 4) is 0 Å². The summed E-state index contributed by atoms with van der Waals surface area (Å²) < 4.78 is 4.94. The van der Waals surface area contributed by atoms with Gasteiger partial charge in [0.05, 0.1) is 24.3 Å². The second-order valence-corrected chi connectivity index (χ2v) is 7.86. The first-order valence-electron chi connectivity index (χ1n) is 10.5. The summed E-state index contributed by atoms with van der Waals surface area (Å²) in [6.07, 6.45) is -0.176. The van der Waals surface area contributed by atoms with E-state index in [0.717, 1.165) is 10.5 Å². The van der Waals surface area contributed by atoms with Crippen molar-refractivity contribution in [1.29, 1.82) is 0 Å². The Labute approximate surface area is 187 Å². The molecule has 1 N–H and O–H groups in total. The number of imide groups is 1. The highest BCUT2D eigenvalue weighted by atomic mass is 16.5. The molecule has 0 saturated carbocycles. The SMILES string of the molecule is CCOC(=O)c1ccc(NC(=O)CC2C(=O)N(c3ccc(C)cc3)C(=O)N2C(C)C)cc1. The Morgan fingerprint density at radius 1 is 1.03 bits per heavy atom. The first-order chi connectivity index (χ1) is 15.2. The van der Waals surface area contributed by atoms with Crippen LogP contribution in [0.15, 0.2) is 48.5 Å². The zero-order chi connectivity index (χ0) is 23.4. The second-order valence-electron chi connectivity index (χ2n) is 7.86. The maximum absolute atomic E-state index is 13.1.